The van der Waals surface area contributed by atoms with Crippen molar-refractivity contribution in [3.05, 3.63) is 45.4 Å². The van der Waals surface area contributed by atoms with Gasteiger partial charge in [0, 0.05) is 29.4 Å². The van der Waals surface area contributed by atoms with Gasteiger partial charge < -0.3 is 23.5 Å². The van der Waals surface area contributed by atoms with E-state index in [-0.39, 0.29) is 72.3 Å². The van der Waals surface area contributed by atoms with Gasteiger partial charge >= 0.3 is 0 Å². The molecule has 0 spiro atoms. The average molecular weight is 544 g/mol. The minimum absolute atomic E-state index is 0.00117. The highest BCUT2D eigenvalue weighted by Crippen LogP contribution is 2.13. The molecule has 0 saturated carbocycles. The highest BCUT2D eigenvalue weighted by molar-refractivity contribution is 7.85. The number of ether oxygens (including phenoxy) is 4. The van der Waals surface area contributed by atoms with Crippen LogP contribution in [0, 0.1) is 47.6 Å². The summed E-state index contributed by atoms with van der Waals surface area (Å²) < 4.78 is 54.9. The summed E-state index contributed by atoms with van der Waals surface area (Å²) in [7, 11) is -4.30. The van der Waals surface area contributed by atoms with Gasteiger partial charge in [-0.2, -0.15) is 0 Å². The van der Waals surface area contributed by atoms with E-state index in [4.69, 9.17) is 32.1 Å². The Hall–Kier alpha value is -3.65. The van der Waals surface area contributed by atoms with Gasteiger partial charge in [0.25, 0.3) is 11.4 Å². The van der Waals surface area contributed by atoms with E-state index in [1.807, 2.05) is 12.1 Å². The lowest BCUT2D eigenvalue weighted by atomic mass is 10.1. The molecule has 12 heteroatoms. The van der Waals surface area contributed by atoms with E-state index >= 15 is 0 Å². The molecule has 0 aliphatic rings. The Morgan fingerprint density at radius 3 is 1.68 bits per heavy atom. The summed E-state index contributed by atoms with van der Waals surface area (Å²) in [6, 6.07) is 6.40. The number of hydrogen-bond donors (Lipinski definition) is 0. The molecule has 0 amide bonds. The van der Waals surface area contributed by atoms with E-state index in [0.29, 0.717) is 18.9 Å². The van der Waals surface area contributed by atoms with Crippen LogP contribution in [0.4, 0.5) is 0 Å². The number of nitriles is 2. The maximum Gasteiger partial charge on any atom is 0.272 e. The summed E-state index contributed by atoms with van der Waals surface area (Å²) in [5.74, 6) is -0.101. The summed E-state index contributed by atoms with van der Waals surface area (Å²) in [6.45, 7) is 21.7. The Balaban J connectivity index is 3.08. The molecular weight excluding hydrogens is 512 g/mol. The molecule has 1 unspecified atom stereocenters. The van der Waals surface area contributed by atoms with Crippen LogP contribution in [-0.2, 0) is 19.6 Å². The molecule has 1 atom stereocenters. The molecule has 0 fully saturated rings. The van der Waals surface area contributed by atoms with Crippen molar-refractivity contribution >= 4 is 21.5 Å². The van der Waals surface area contributed by atoms with Gasteiger partial charge in [-0.15, -0.1) is 0 Å². The van der Waals surface area contributed by atoms with Gasteiger partial charge in [0.1, 0.15) is 24.7 Å². The number of benzene rings is 1. The van der Waals surface area contributed by atoms with Crippen LogP contribution in [0.5, 0.6) is 11.5 Å². The highest BCUT2D eigenvalue weighted by atomic mass is 32.2. The van der Waals surface area contributed by atoms with E-state index in [1.54, 1.807) is 6.92 Å². The molecule has 0 bridgehead atoms. The van der Waals surface area contributed by atoms with Gasteiger partial charge in [-0.3, -0.25) is 0 Å². The van der Waals surface area contributed by atoms with Crippen molar-refractivity contribution in [2.75, 3.05) is 45.4 Å². The predicted octanol–water partition coefficient (Wildman–Crippen LogP) is 2.20. The zero-order chi connectivity index (χ0) is 28.6. The van der Waals surface area contributed by atoms with Crippen molar-refractivity contribution < 1.29 is 31.9 Å². The summed E-state index contributed by atoms with van der Waals surface area (Å²) in [5, 5.41) is 19.2. The summed E-state index contributed by atoms with van der Waals surface area (Å²) in [5.41, 5.74) is -0.517. The minimum atomic E-state index is -4.30. The number of nitrogens with zero attached hydrogens (tertiary/aromatic N) is 4. The molecule has 38 heavy (non-hydrogen) atoms. The molecule has 0 aliphatic heterocycles. The maximum atomic E-state index is 10.8. The molecule has 0 N–H and O–H groups in total. The Bertz CT molecular complexity index is 1300. The van der Waals surface area contributed by atoms with E-state index in [2.05, 4.69) is 23.5 Å². The van der Waals surface area contributed by atoms with E-state index in [1.165, 1.54) is 12.1 Å². The van der Waals surface area contributed by atoms with Crippen molar-refractivity contribution in [1.82, 2.24) is 0 Å². The molecular formula is C26H31N4O7S-. The standard InChI is InChI=1S/C26H32N4O7S/c1-19(2)6-8-34-10-12-36-25-14-22(24(17-28)30-5)26(15-21(25)23(16-27)29-4)37-13-11-35-9-7-20(3)18-38(31,32)33/h14-15,19-20H,6-13,18H2,1-3H3,(H,31,32,33)/p-1/b23-21-,24-22+. The third kappa shape index (κ3) is 12.1. The van der Waals surface area contributed by atoms with Crippen LogP contribution in [0.1, 0.15) is 33.6 Å². The predicted molar refractivity (Wildman–Crippen MR) is 137 cm³/mol. The topological polar surface area (TPSA) is 150 Å². The fourth-order valence-corrected chi connectivity index (χ4v) is 3.98. The second kappa shape index (κ2) is 17.0. The van der Waals surface area contributed by atoms with Crippen molar-refractivity contribution in [2.45, 2.75) is 33.6 Å². The van der Waals surface area contributed by atoms with Gasteiger partial charge in [0.2, 0.25) is 0 Å². The van der Waals surface area contributed by atoms with Crippen LogP contribution in [-0.4, -0.2) is 58.4 Å². The SMILES string of the molecule is [C-]#[N+]/C(C#N)=c1/cc(OCCOCCC(C)CS(=O)(=O)[O-])/c(=C(\C#N)[N+]#[C-])cc1OCCOCCC(C)C. The van der Waals surface area contributed by atoms with Crippen LogP contribution in [0.2, 0.25) is 0 Å². The monoisotopic (exact) mass is 543 g/mol. The lowest BCUT2D eigenvalue weighted by molar-refractivity contribution is 0.0910. The van der Waals surface area contributed by atoms with E-state index < -0.39 is 15.9 Å². The van der Waals surface area contributed by atoms with Crippen molar-refractivity contribution in [1.29, 1.82) is 10.5 Å². The fraction of sp³-hybridized carbons (Fsp3) is 0.538. The van der Waals surface area contributed by atoms with Crippen LogP contribution < -0.4 is 19.9 Å². The Morgan fingerprint density at radius 2 is 1.32 bits per heavy atom. The van der Waals surface area contributed by atoms with Crippen LogP contribution in [0.25, 0.3) is 21.1 Å². The zero-order valence-corrected chi connectivity index (χ0v) is 22.5. The lowest BCUT2D eigenvalue weighted by Gasteiger charge is -2.15. The molecule has 0 heterocycles. The fourth-order valence-electron chi connectivity index (χ4n) is 3.12. The molecule has 0 saturated heterocycles. The first-order valence-electron chi connectivity index (χ1n) is 11.9. The zero-order valence-electron chi connectivity index (χ0n) is 21.7. The first-order valence-corrected chi connectivity index (χ1v) is 13.5. The van der Waals surface area contributed by atoms with Gasteiger partial charge in [-0.1, -0.05) is 20.8 Å². The molecule has 11 nitrogen and oxygen atoms in total. The second-order valence-electron chi connectivity index (χ2n) is 8.71. The van der Waals surface area contributed by atoms with Crippen LogP contribution in [0.3, 0.4) is 0 Å². The summed E-state index contributed by atoms with van der Waals surface area (Å²) in [4.78, 5) is 6.49. The Morgan fingerprint density at radius 1 is 0.868 bits per heavy atom. The summed E-state index contributed by atoms with van der Waals surface area (Å²) in [6.07, 6.45) is 1.25. The average Bonchev–Trinajstić information content (AvgIpc) is 2.85. The van der Waals surface area contributed by atoms with E-state index in [9.17, 15) is 23.5 Å². The molecule has 0 aliphatic carbocycles. The highest BCUT2D eigenvalue weighted by Gasteiger charge is 2.12. The third-order valence-electron chi connectivity index (χ3n) is 5.08. The molecule has 0 radical (unpaired) electrons. The lowest BCUT2D eigenvalue weighted by Crippen LogP contribution is -2.22. The van der Waals surface area contributed by atoms with Gasteiger partial charge in [0.05, 0.1) is 48.6 Å². The summed E-state index contributed by atoms with van der Waals surface area (Å²) >= 11 is 0. The second-order valence-corrected chi connectivity index (χ2v) is 10.2. The molecule has 204 valence electrons. The smallest absolute Gasteiger partial charge is 0.272 e. The number of rotatable bonds is 16. The van der Waals surface area contributed by atoms with Crippen LogP contribution in [0.15, 0.2) is 12.1 Å². The molecule has 1 aromatic carbocycles. The largest absolute Gasteiger partial charge is 0.748 e. The first-order chi connectivity index (χ1) is 18.1. The van der Waals surface area contributed by atoms with E-state index in [0.717, 1.165) is 6.42 Å². The van der Waals surface area contributed by atoms with Crippen molar-refractivity contribution in [3.8, 4) is 23.6 Å². The maximum absolute atomic E-state index is 10.8. The van der Waals surface area contributed by atoms with Gasteiger partial charge in [-0.25, -0.2) is 28.6 Å². The van der Waals surface area contributed by atoms with Gasteiger partial charge in [0.15, 0.2) is 0 Å². The number of hydrogen-bond acceptors (Lipinski definition) is 9. The quantitative estimate of drug-likeness (QED) is 0.174. The molecule has 0 aromatic heterocycles. The Labute approximate surface area is 223 Å². The minimum Gasteiger partial charge on any atom is -0.748 e. The van der Waals surface area contributed by atoms with Crippen molar-refractivity contribution in [3.63, 3.8) is 0 Å². The molecule has 1 aromatic rings. The first kappa shape index (κ1) is 32.4. The van der Waals surface area contributed by atoms with Gasteiger partial charge in [-0.05, 0) is 36.8 Å². The molecule has 1 rings (SSSR count). The third-order valence-corrected chi connectivity index (χ3v) is 6.06. The van der Waals surface area contributed by atoms with Crippen LogP contribution >= 0.6 is 0 Å². The van der Waals surface area contributed by atoms with Crippen molar-refractivity contribution in [2.24, 2.45) is 11.8 Å². The normalized spacial score (nSPS) is 13.4. The Kier molecular flexibility index (Phi) is 14.5.